The van der Waals surface area contributed by atoms with Crippen LogP contribution < -0.4 is 15.5 Å². The highest BCUT2D eigenvalue weighted by Crippen LogP contribution is 2.33. The summed E-state index contributed by atoms with van der Waals surface area (Å²) in [6.45, 7) is 7.76. The minimum Gasteiger partial charge on any atom is -0.441 e. The van der Waals surface area contributed by atoms with E-state index in [1.54, 1.807) is 44.2 Å². The maximum absolute atomic E-state index is 13.5. The second-order valence-corrected chi connectivity index (χ2v) is 12.2. The minimum atomic E-state index is -0.828. The molecule has 1 aromatic heterocycles. The van der Waals surface area contributed by atoms with Crippen molar-refractivity contribution in [1.29, 1.82) is 0 Å². The lowest BCUT2D eigenvalue weighted by Crippen LogP contribution is -2.43. The minimum absolute atomic E-state index is 0.0948. The zero-order valence-corrected chi connectivity index (χ0v) is 24.2. The number of halogens is 1. The highest BCUT2D eigenvalue weighted by Gasteiger charge is 2.42. The van der Waals surface area contributed by atoms with E-state index in [1.807, 2.05) is 18.3 Å². The van der Waals surface area contributed by atoms with Gasteiger partial charge in [-0.05, 0) is 62.4 Å². The van der Waals surface area contributed by atoms with E-state index in [1.165, 1.54) is 18.6 Å². The quantitative estimate of drug-likeness (QED) is 0.346. The van der Waals surface area contributed by atoms with Gasteiger partial charge in [-0.3, -0.25) is 0 Å². The van der Waals surface area contributed by atoms with Crippen LogP contribution in [0.4, 0.5) is 19.1 Å². The molecule has 41 heavy (non-hydrogen) atoms. The summed E-state index contributed by atoms with van der Waals surface area (Å²) in [5, 5.41) is 7.05. The number of carbonyl (C=O) groups excluding carboxylic acids is 2. The predicted octanol–water partition coefficient (Wildman–Crippen LogP) is 5.29. The van der Waals surface area contributed by atoms with Crippen molar-refractivity contribution in [2.45, 2.75) is 64.0 Å². The van der Waals surface area contributed by atoms with Crippen molar-refractivity contribution < 1.29 is 28.2 Å². The predicted molar refractivity (Wildman–Crippen MR) is 154 cm³/mol. The summed E-state index contributed by atoms with van der Waals surface area (Å²) in [6, 6.07) is 13.9. The largest absolute Gasteiger partial charge is 0.509 e. The number of nitrogens with one attached hydrogen (secondary N) is 2. The second kappa shape index (κ2) is 12.4. The van der Waals surface area contributed by atoms with Crippen LogP contribution in [0, 0.1) is 5.82 Å². The number of rotatable bonds is 8. The van der Waals surface area contributed by atoms with Gasteiger partial charge >= 0.3 is 12.2 Å². The fourth-order valence-corrected chi connectivity index (χ4v) is 5.68. The normalized spacial score (nSPS) is 20.3. The van der Waals surface area contributed by atoms with Crippen LogP contribution >= 0.6 is 11.3 Å². The summed E-state index contributed by atoms with van der Waals surface area (Å²) in [7, 11) is 0. The van der Waals surface area contributed by atoms with Crippen molar-refractivity contribution in [3.63, 3.8) is 0 Å². The molecule has 0 unspecified atom stereocenters. The number of nitrogens with zero attached hydrogens (tertiary/aromatic N) is 2. The molecule has 2 saturated heterocycles. The van der Waals surface area contributed by atoms with Crippen LogP contribution in [0.1, 0.15) is 38.3 Å². The Morgan fingerprint density at radius 1 is 1.12 bits per heavy atom. The molecular weight excluding hydrogens is 547 g/mol. The molecule has 9 nitrogen and oxygen atoms in total. The SMILES string of the molecule is CC(C)(C)OC(=O)O[C@H]1CN[C@H](Cc2ccc(-c3cnc(N4CCC4)s3)cc2)[C@@H]1OC(=O)NCc1cccc(F)c1. The summed E-state index contributed by atoms with van der Waals surface area (Å²) in [6.07, 6.45) is 0.632. The van der Waals surface area contributed by atoms with E-state index in [0.717, 1.165) is 34.2 Å². The maximum atomic E-state index is 13.5. The number of hydrogen-bond acceptors (Lipinski definition) is 9. The molecule has 1 amide bonds. The molecule has 0 saturated carbocycles. The van der Waals surface area contributed by atoms with Gasteiger partial charge < -0.3 is 29.7 Å². The summed E-state index contributed by atoms with van der Waals surface area (Å²) in [4.78, 5) is 33.1. The van der Waals surface area contributed by atoms with Gasteiger partial charge in [0.15, 0.2) is 17.3 Å². The highest BCUT2D eigenvalue weighted by atomic mass is 32.1. The molecule has 5 rings (SSSR count). The summed E-state index contributed by atoms with van der Waals surface area (Å²) in [5.41, 5.74) is 2.00. The first-order chi connectivity index (χ1) is 19.6. The van der Waals surface area contributed by atoms with Gasteiger partial charge in [0.25, 0.3) is 0 Å². The van der Waals surface area contributed by atoms with Crippen molar-refractivity contribution in [1.82, 2.24) is 15.6 Å². The topological polar surface area (TPSA) is 102 Å². The molecular formula is C30H35FN4O5S. The van der Waals surface area contributed by atoms with Crippen LogP contribution in [-0.4, -0.2) is 60.7 Å². The number of thiazole rings is 1. The molecule has 218 valence electrons. The fourth-order valence-electron chi connectivity index (χ4n) is 4.71. The Morgan fingerprint density at radius 2 is 1.90 bits per heavy atom. The molecule has 0 aliphatic carbocycles. The third kappa shape index (κ3) is 7.74. The monoisotopic (exact) mass is 582 g/mol. The van der Waals surface area contributed by atoms with Gasteiger partial charge in [0.2, 0.25) is 0 Å². The van der Waals surface area contributed by atoms with Gasteiger partial charge in [-0.25, -0.2) is 19.0 Å². The Morgan fingerprint density at radius 3 is 2.59 bits per heavy atom. The van der Waals surface area contributed by atoms with Crippen molar-refractivity contribution in [3.8, 4) is 10.4 Å². The Balaban J connectivity index is 1.24. The molecule has 0 radical (unpaired) electrons. The van der Waals surface area contributed by atoms with Crippen molar-refractivity contribution in [2.24, 2.45) is 0 Å². The van der Waals surface area contributed by atoms with E-state index in [2.05, 4.69) is 32.7 Å². The molecule has 0 spiro atoms. The van der Waals surface area contributed by atoms with Gasteiger partial charge in [0.05, 0.1) is 10.9 Å². The van der Waals surface area contributed by atoms with Crippen molar-refractivity contribution in [3.05, 3.63) is 71.7 Å². The van der Waals surface area contributed by atoms with Crippen LogP contribution in [0.3, 0.4) is 0 Å². The molecule has 2 aromatic carbocycles. The Hall–Kier alpha value is -3.70. The first kappa shape index (κ1) is 28.8. The summed E-state index contributed by atoms with van der Waals surface area (Å²) >= 11 is 1.69. The number of ether oxygens (including phenoxy) is 3. The van der Waals surface area contributed by atoms with Gasteiger partial charge in [0.1, 0.15) is 11.4 Å². The summed E-state index contributed by atoms with van der Waals surface area (Å²) < 4.78 is 30.2. The molecule has 2 N–H and O–H groups in total. The maximum Gasteiger partial charge on any atom is 0.509 e. The molecule has 3 atom stereocenters. The van der Waals surface area contributed by atoms with Crippen LogP contribution in [0.2, 0.25) is 0 Å². The Kier molecular flexibility index (Phi) is 8.74. The molecule has 3 aromatic rings. The third-order valence-electron chi connectivity index (χ3n) is 6.86. The van der Waals surface area contributed by atoms with Gasteiger partial charge in [-0.2, -0.15) is 0 Å². The second-order valence-electron chi connectivity index (χ2n) is 11.2. The van der Waals surface area contributed by atoms with E-state index < -0.39 is 30.1 Å². The number of anilines is 1. The van der Waals surface area contributed by atoms with E-state index in [4.69, 9.17) is 14.2 Å². The van der Waals surface area contributed by atoms with Crippen molar-refractivity contribution >= 4 is 28.7 Å². The number of alkyl carbamates (subject to hydrolysis) is 1. The first-order valence-electron chi connectivity index (χ1n) is 13.7. The Labute approximate surface area is 243 Å². The van der Waals surface area contributed by atoms with Crippen LogP contribution in [0.25, 0.3) is 10.4 Å². The molecule has 3 heterocycles. The van der Waals surface area contributed by atoms with Crippen molar-refractivity contribution in [2.75, 3.05) is 24.5 Å². The smallest absolute Gasteiger partial charge is 0.441 e. The third-order valence-corrected chi connectivity index (χ3v) is 7.97. The fraction of sp³-hybridized carbons (Fsp3) is 0.433. The Bertz CT molecular complexity index is 1360. The standard InChI is InChI=1S/C30H35FN4O5S/c1-30(2,3)40-29(37)38-24-17-32-23(26(24)39-28(36)34-16-20-6-4-7-22(31)14-20)15-19-8-10-21(11-9-19)25-18-33-27(41-25)35-12-5-13-35/h4,6-11,14,18,23-24,26,32H,5,12-13,15-17H2,1-3H3,(H,34,36)/t23-,24+,26+/m1/s1. The lowest BCUT2D eigenvalue weighted by Gasteiger charge is -2.30. The van der Waals surface area contributed by atoms with Crippen LogP contribution in [0.15, 0.2) is 54.7 Å². The molecule has 2 aliphatic heterocycles. The zero-order valence-electron chi connectivity index (χ0n) is 23.4. The highest BCUT2D eigenvalue weighted by molar-refractivity contribution is 7.18. The number of carbonyl (C=O) groups is 2. The number of aromatic nitrogens is 1. The molecule has 2 aliphatic rings. The van der Waals surface area contributed by atoms with Gasteiger partial charge in [-0.1, -0.05) is 47.7 Å². The number of amides is 1. The van der Waals surface area contributed by atoms with E-state index in [-0.39, 0.29) is 18.4 Å². The molecule has 2 fully saturated rings. The van der Waals surface area contributed by atoms with Crippen LogP contribution in [-0.2, 0) is 27.2 Å². The average Bonchev–Trinajstić information content (AvgIpc) is 3.49. The van der Waals surface area contributed by atoms with Crippen LogP contribution in [0.5, 0.6) is 0 Å². The zero-order chi connectivity index (χ0) is 29.0. The van der Waals surface area contributed by atoms with Gasteiger partial charge in [-0.15, -0.1) is 0 Å². The molecule has 0 bridgehead atoms. The lowest BCUT2D eigenvalue weighted by molar-refractivity contribution is -0.0518. The number of hydrogen-bond donors (Lipinski definition) is 2. The average molecular weight is 583 g/mol. The van der Waals surface area contributed by atoms with Gasteiger partial charge in [0, 0.05) is 32.4 Å². The van der Waals surface area contributed by atoms with E-state index in [0.29, 0.717) is 18.5 Å². The lowest BCUT2D eigenvalue weighted by atomic mass is 10.0. The van der Waals surface area contributed by atoms with E-state index in [9.17, 15) is 14.0 Å². The van der Waals surface area contributed by atoms with E-state index >= 15 is 0 Å². The molecule has 11 heteroatoms. The summed E-state index contributed by atoms with van der Waals surface area (Å²) in [5.74, 6) is -0.388. The number of benzene rings is 2. The first-order valence-corrected chi connectivity index (χ1v) is 14.6.